The smallest absolute Gasteiger partial charge is 0.391 e. The number of aromatic nitrogens is 1. The second-order valence-electron chi connectivity index (χ2n) is 10.0. The molecule has 184 valence electrons. The van der Waals surface area contributed by atoms with Crippen LogP contribution in [0.4, 0.5) is 10.5 Å². The largest absolute Gasteiger partial charge is 0.416 e. The van der Waals surface area contributed by atoms with Crippen molar-refractivity contribution in [3.05, 3.63) is 54.2 Å². The minimum absolute atomic E-state index is 0.126. The van der Waals surface area contributed by atoms with Crippen LogP contribution in [0, 0.1) is 5.92 Å². The van der Waals surface area contributed by atoms with Crippen molar-refractivity contribution in [1.82, 2.24) is 20.1 Å². The van der Waals surface area contributed by atoms with Crippen molar-refractivity contribution in [2.75, 3.05) is 32.0 Å². The van der Waals surface area contributed by atoms with Gasteiger partial charge in [0.15, 0.2) is 5.11 Å². The fourth-order valence-corrected chi connectivity index (χ4v) is 4.38. The molecule has 2 N–H and O–H groups in total. The Hall–Kier alpha value is -2.71. The molecule has 1 aliphatic heterocycles. The molecule has 8 heteroatoms. The van der Waals surface area contributed by atoms with Crippen molar-refractivity contribution in [2.24, 2.45) is 5.92 Å². The van der Waals surface area contributed by atoms with E-state index in [0.29, 0.717) is 11.0 Å². The number of anilines is 1. The number of hydrogen-bond donors (Lipinski definition) is 2. The molecular formula is C26H37N5O2S. The van der Waals surface area contributed by atoms with Crippen LogP contribution in [0.5, 0.6) is 5.88 Å². The van der Waals surface area contributed by atoms with Crippen molar-refractivity contribution >= 4 is 29.1 Å². The van der Waals surface area contributed by atoms with Gasteiger partial charge in [-0.3, -0.25) is 0 Å². The van der Waals surface area contributed by atoms with Crippen LogP contribution in [0.1, 0.15) is 45.6 Å². The zero-order valence-electron chi connectivity index (χ0n) is 20.7. The molecule has 1 aromatic heterocycles. The highest BCUT2D eigenvalue weighted by Gasteiger charge is 2.24. The molecule has 1 saturated heterocycles. The van der Waals surface area contributed by atoms with Crippen LogP contribution in [-0.2, 0) is 6.54 Å². The number of thiocarbonyl (C=S) groups is 1. The first-order valence-electron chi connectivity index (χ1n) is 11.9. The maximum atomic E-state index is 12.6. The number of carbonyl (C=O) groups excluding carboxylic acids is 1. The van der Waals surface area contributed by atoms with Gasteiger partial charge >= 0.3 is 6.09 Å². The first kappa shape index (κ1) is 25.9. The van der Waals surface area contributed by atoms with Crippen LogP contribution in [-0.4, -0.2) is 58.2 Å². The fourth-order valence-electron chi connectivity index (χ4n) is 3.95. The monoisotopic (exact) mass is 483 g/mol. The predicted octanol–water partition coefficient (Wildman–Crippen LogP) is 4.90. The number of pyridine rings is 1. The van der Waals surface area contributed by atoms with Gasteiger partial charge in [-0.1, -0.05) is 30.3 Å². The molecule has 0 aliphatic carbocycles. The molecule has 7 nitrogen and oxygen atoms in total. The lowest BCUT2D eigenvalue weighted by Crippen LogP contribution is -2.42. The van der Waals surface area contributed by atoms with Gasteiger partial charge in [0.05, 0.1) is 11.9 Å². The number of amides is 1. The molecule has 1 amide bonds. The summed E-state index contributed by atoms with van der Waals surface area (Å²) in [6, 6.07) is 14.0. The average Bonchev–Trinajstić information content (AvgIpc) is 2.79. The van der Waals surface area contributed by atoms with Crippen LogP contribution < -0.4 is 15.4 Å². The molecule has 1 aromatic carbocycles. The Bertz CT molecular complexity index is 922. The van der Waals surface area contributed by atoms with Gasteiger partial charge in [0.1, 0.15) is 0 Å². The van der Waals surface area contributed by atoms with E-state index in [2.05, 4.69) is 51.8 Å². The van der Waals surface area contributed by atoms with Crippen molar-refractivity contribution in [2.45, 2.75) is 52.1 Å². The van der Waals surface area contributed by atoms with E-state index in [1.165, 1.54) is 5.56 Å². The number of nitrogens with one attached hydrogen (secondary N) is 2. The molecule has 0 unspecified atom stereocenters. The van der Waals surface area contributed by atoms with Crippen LogP contribution in [0.25, 0.3) is 0 Å². The molecule has 0 spiro atoms. The highest BCUT2D eigenvalue weighted by atomic mass is 32.1. The maximum absolute atomic E-state index is 12.6. The van der Waals surface area contributed by atoms with E-state index in [9.17, 15) is 4.79 Å². The summed E-state index contributed by atoms with van der Waals surface area (Å²) in [6.45, 7) is 9.57. The van der Waals surface area contributed by atoms with Gasteiger partial charge in [0.2, 0.25) is 5.88 Å². The van der Waals surface area contributed by atoms with Gasteiger partial charge in [-0.05, 0) is 83.4 Å². The Kier molecular flexibility index (Phi) is 9.24. The first-order valence-corrected chi connectivity index (χ1v) is 12.3. The number of carbonyl (C=O) groups is 1. The number of benzene rings is 1. The first-order chi connectivity index (χ1) is 16.2. The van der Waals surface area contributed by atoms with Gasteiger partial charge in [0, 0.05) is 31.2 Å². The molecule has 2 heterocycles. The third-order valence-electron chi connectivity index (χ3n) is 5.76. The van der Waals surface area contributed by atoms with Gasteiger partial charge in [-0.25, -0.2) is 9.78 Å². The summed E-state index contributed by atoms with van der Waals surface area (Å²) < 4.78 is 5.49. The Balaban J connectivity index is 1.37. The van der Waals surface area contributed by atoms with E-state index in [0.717, 1.165) is 51.1 Å². The molecule has 3 rings (SSSR count). The van der Waals surface area contributed by atoms with E-state index in [1.807, 2.05) is 26.8 Å². The van der Waals surface area contributed by atoms with E-state index in [1.54, 1.807) is 23.2 Å². The minimum atomic E-state index is -0.335. The van der Waals surface area contributed by atoms with Crippen molar-refractivity contribution in [3.8, 4) is 5.88 Å². The normalized spacial score (nSPS) is 14.7. The lowest BCUT2D eigenvalue weighted by atomic mass is 9.93. The molecule has 1 fully saturated rings. The predicted molar refractivity (Wildman–Crippen MR) is 141 cm³/mol. The van der Waals surface area contributed by atoms with E-state index >= 15 is 0 Å². The quantitative estimate of drug-likeness (QED) is 0.543. The fraction of sp³-hybridized carbons (Fsp3) is 0.500. The van der Waals surface area contributed by atoms with Gasteiger partial charge in [-0.15, -0.1) is 0 Å². The SMILES string of the molecule is CN(CCC1CCN(C(=O)Oc2ccc(NC(=S)NC(C)(C)C)cn2)CC1)Cc1ccccc1. The van der Waals surface area contributed by atoms with Crippen molar-refractivity contribution in [3.63, 3.8) is 0 Å². The number of likely N-dealkylation sites (tertiary alicyclic amines) is 1. The minimum Gasteiger partial charge on any atom is -0.391 e. The highest BCUT2D eigenvalue weighted by molar-refractivity contribution is 7.80. The maximum Gasteiger partial charge on any atom is 0.416 e. The number of piperidine rings is 1. The summed E-state index contributed by atoms with van der Waals surface area (Å²) in [6.07, 6.45) is 4.43. The van der Waals surface area contributed by atoms with Crippen LogP contribution in [0.15, 0.2) is 48.7 Å². The summed E-state index contributed by atoms with van der Waals surface area (Å²) >= 11 is 5.30. The lowest BCUT2D eigenvalue weighted by molar-refractivity contribution is 0.125. The van der Waals surface area contributed by atoms with Crippen LogP contribution in [0.3, 0.4) is 0 Å². The zero-order valence-corrected chi connectivity index (χ0v) is 21.5. The van der Waals surface area contributed by atoms with E-state index in [4.69, 9.17) is 17.0 Å². The van der Waals surface area contributed by atoms with Crippen LogP contribution >= 0.6 is 12.2 Å². The molecule has 34 heavy (non-hydrogen) atoms. The molecule has 0 atom stereocenters. The lowest BCUT2D eigenvalue weighted by Gasteiger charge is -2.32. The zero-order chi connectivity index (χ0) is 24.6. The Morgan fingerprint density at radius 2 is 1.88 bits per heavy atom. The summed E-state index contributed by atoms with van der Waals surface area (Å²) in [5, 5.41) is 6.79. The highest BCUT2D eigenvalue weighted by Crippen LogP contribution is 2.22. The number of hydrogen-bond acceptors (Lipinski definition) is 5. The van der Waals surface area contributed by atoms with Crippen LogP contribution in [0.2, 0.25) is 0 Å². The summed E-state index contributed by atoms with van der Waals surface area (Å²) in [4.78, 5) is 21.0. The average molecular weight is 484 g/mol. The molecule has 0 saturated carbocycles. The molecule has 0 bridgehead atoms. The Labute approximate surface area is 208 Å². The van der Waals surface area contributed by atoms with Gasteiger partial charge < -0.3 is 25.2 Å². The van der Waals surface area contributed by atoms with Crippen molar-refractivity contribution in [1.29, 1.82) is 0 Å². The third kappa shape index (κ3) is 8.91. The second-order valence-corrected chi connectivity index (χ2v) is 10.4. The number of nitrogens with zero attached hydrogens (tertiary/aromatic N) is 3. The third-order valence-corrected chi connectivity index (χ3v) is 5.97. The summed E-state index contributed by atoms with van der Waals surface area (Å²) in [5.74, 6) is 0.922. The van der Waals surface area contributed by atoms with E-state index < -0.39 is 0 Å². The molecule has 1 aliphatic rings. The number of ether oxygens (including phenoxy) is 1. The van der Waals surface area contributed by atoms with Gasteiger partial charge in [0.25, 0.3) is 0 Å². The Morgan fingerprint density at radius 1 is 1.18 bits per heavy atom. The summed E-state index contributed by atoms with van der Waals surface area (Å²) in [7, 11) is 2.17. The number of rotatable bonds is 7. The van der Waals surface area contributed by atoms with Gasteiger partial charge in [-0.2, -0.15) is 0 Å². The van der Waals surface area contributed by atoms with E-state index in [-0.39, 0.29) is 17.5 Å². The summed E-state index contributed by atoms with van der Waals surface area (Å²) in [5.41, 5.74) is 1.95. The second kappa shape index (κ2) is 12.1. The standard InChI is InChI=1S/C26H37N5O2S/c1-26(2,3)29-24(34)28-22-10-11-23(27-18-22)33-25(32)31-16-13-20(14-17-31)12-15-30(4)19-21-8-6-5-7-9-21/h5-11,18,20H,12-17,19H2,1-4H3,(H2,28,29,34). The molecular weight excluding hydrogens is 446 g/mol. The topological polar surface area (TPSA) is 69.7 Å². The molecule has 2 aromatic rings. The molecule has 0 radical (unpaired) electrons. The Morgan fingerprint density at radius 3 is 2.50 bits per heavy atom. The van der Waals surface area contributed by atoms with Crippen molar-refractivity contribution < 1.29 is 9.53 Å².